The molecule has 2 aliphatic heterocycles. The largest absolute Gasteiger partial charge is 0.348 e. The van der Waals surface area contributed by atoms with E-state index in [4.69, 9.17) is 0 Å². The third-order valence-electron chi connectivity index (χ3n) is 5.32. The van der Waals surface area contributed by atoms with Crippen LogP contribution in [0.5, 0.6) is 0 Å². The summed E-state index contributed by atoms with van der Waals surface area (Å²) in [7, 11) is 0. The number of hydrogen-bond acceptors (Lipinski definition) is 6. The summed E-state index contributed by atoms with van der Waals surface area (Å²) in [5.41, 5.74) is 2.27. The first kappa shape index (κ1) is 17.5. The van der Waals surface area contributed by atoms with Crippen molar-refractivity contribution in [1.29, 1.82) is 0 Å². The fraction of sp³-hybridized carbons (Fsp3) is 0.474. The second-order valence-corrected chi connectivity index (χ2v) is 7.33. The molecule has 4 rings (SSSR count). The lowest BCUT2D eigenvalue weighted by Crippen LogP contribution is -2.52. The minimum absolute atomic E-state index is 0.0336. The summed E-state index contributed by atoms with van der Waals surface area (Å²) in [6.07, 6.45) is 9.63. The SMILES string of the molecule is Cc1cnc(C(=O)NC2CC3CCC(C2)N3C(=O)c2cnc(C)cn2)cn1. The minimum Gasteiger partial charge on any atom is -0.348 e. The summed E-state index contributed by atoms with van der Waals surface area (Å²) < 4.78 is 0. The first-order valence-electron chi connectivity index (χ1n) is 9.22. The maximum atomic E-state index is 12.9. The summed E-state index contributed by atoms with van der Waals surface area (Å²) in [5, 5.41) is 3.05. The molecule has 2 aliphatic rings. The zero-order chi connectivity index (χ0) is 19.0. The molecule has 27 heavy (non-hydrogen) atoms. The van der Waals surface area contributed by atoms with Crippen LogP contribution in [0.15, 0.2) is 24.8 Å². The lowest BCUT2D eigenvalue weighted by atomic mass is 9.96. The Morgan fingerprint density at radius 3 is 1.96 bits per heavy atom. The Bertz CT molecular complexity index is 838. The number of aromatic nitrogens is 4. The summed E-state index contributed by atoms with van der Waals surface area (Å²) in [6, 6.07) is 0.272. The normalized spacial score (nSPS) is 23.9. The van der Waals surface area contributed by atoms with E-state index in [2.05, 4.69) is 25.3 Å². The van der Waals surface area contributed by atoms with Crippen LogP contribution < -0.4 is 5.32 Å². The number of aryl methyl sites for hydroxylation is 2. The average Bonchev–Trinajstić information content (AvgIpc) is 2.93. The molecule has 8 heteroatoms. The maximum Gasteiger partial charge on any atom is 0.274 e. The second kappa shape index (κ2) is 7.02. The van der Waals surface area contributed by atoms with Gasteiger partial charge in [0.1, 0.15) is 11.4 Å². The van der Waals surface area contributed by atoms with E-state index >= 15 is 0 Å². The predicted octanol–water partition coefficient (Wildman–Crippen LogP) is 1.45. The zero-order valence-electron chi connectivity index (χ0n) is 15.4. The first-order chi connectivity index (χ1) is 13.0. The molecule has 0 aromatic carbocycles. The Kier molecular flexibility index (Phi) is 4.55. The van der Waals surface area contributed by atoms with Gasteiger partial charge in [-0.05, 0) is 39.5 Å². The molecular weight excluding hydrogens is 344 g/mol. The van der Waals surface area contributed by atoms with Crippen LogP contribution in [0.4, 0.5) is 0 Å². The van der Waals surface area contributed by atoms with Gasteiger partial charge in [-0.15, -0.1) is 0 Å². The van der Waals surface area contributed by atoms with Crippen LogP contribution in [0.2, 0.25) is 0 Å². The third kappa shape index (κ3) is 3.51. The Balaban J connectivity index is 1.42. The van der Waals surface area contributed by atoms with Crippen LogP contribution in [0.3, 0.4) is 0 Å². The molecule has 8 nitrogen and oxygen atoms in total. The number of hydrogen-bond donors (Lipinski definition) is 1. The Labute approximate surface area is 157 Å². The van der Waals surface area contributed by atoms with E-state index in [1.165, 1.54) is 6.20 Å². The van der Waals surface area contributed by atoms with Gasteiger partial charge in [0.25, 0.3) is 11.8 Å². The molecule has 0 aliphatic carbocycles. The number of nitrogens with zero attached hydrogens (tertiary/aromatic N) is 5. The fourth-order valence-electron chi connectivity index (χ4n) is 4.03. The van der Waals surface area contributed by atoms with Crippen molar-refractivity contribution in [3.05, 3.63) is 47.6 Å². The molecule has 2 aromatic rings. The topological polar surface area (TPSA) is 101 Å². The standard InChI is InChI=1S/C19H22N6O2/c1-11-7-22-16(9-20-11)18(26)24-13-5-14-3-4-15(6-13)25(14)19(27)17-10-21-12(2)8-23-17/h7-10,13-15H,3-6H2,1-2H3,(H,24,26). The lowest BCUT2D eigenvalue weighted by Gasteiger charge is -2.39. The lowest BCUT2D eigenvalue weighted by molar-refractivity contribution is 0.0543. The molecule has 2 bridgehead atoms. The number of rotatable bonds is 3. The number of carbonyl (C=O) groups is 2. The van der Waals surface area contributed by atoms with Crippen molar-refractivity contribution < 1.29 is 9.59 Å². The van der Waals surface area contributed by atoms with Gasteiger partial charge in [-0.25, -0.2) is 9.97 Å². The molecule has 2 saturated heterocycles. The Morgan fingerprint density at radius 2 is 1.44 bits per heavy atom. The zero-order valence-corrected chi connectivity index (χ0v) is 15.4. The first-order valence-corrected chi connectivity index (χ1v) is 9.22. The van der Waals surface area contributed by atoms with Gasteiger partial charge in [0.15, 0.2) is 0 Å². The van der Waals surface area contributed by atoms with Gasteiger partial charge in [-0.1, -0.05) is 0 Å². The Hall–Kier alpha value is -2.90. The molecule has 2 aromatic heterocycles. The number of nitrogens with one attached hydrogen (secondary N) is 1. The van der Waals surface area contributed by atoms with Crippen molar-refractivity contribution in [2.75, 3.05) is 0 Å². The molecule has 4 heterocycles. The van der Waals surface area contributed by atoms with Gasteiger partial charge in [0.2, 0.25) is 0 Å². The molecule has 1 N–H and O–H groups in total. The molecule has 0 saturated carbocycles. The van der Waals surface area contributed by atoms with Crippen molar-refractivity contribution in [1.82, 2.24) is 30.2 Å². The van der Waals surface area contributed by atoms with E-state index in [1.807, 2.05) is 18.7 Å². The van der Waals surface area contributed by atoms with E-state index in [1.54, 1.807) is 18.6 Å². The molecule has 2 atom stereocenters. The van der Waals surface area contributed by atoms with Gasteiger partial charge in [0.05, 0.1) is 23.8 Å². The summed E-state index contributed by atoms with van der Waals surface area (Å²) in [4.78, 5) is 43.9. The van der Waals surface area contributed by atoms with Gasteiger partial charge in [-0.3, -0.25) is 19.6 Å². The fourth-order valence-corrected chi connectivity index (χ4v) is 4.03. The predicted molar refractivity (Wildman–Crippen MR) is 97.0 cm³/mol. The monoisotopic (exact) mass is 366 g/mol. The number of carbonyl (C=O) groups excluding carboxylic acids is 2. The molecule has 2 unspecified atom stereocenters. The number of fused-ring (bicyclic) bond motifs is 2. The average molecular weight is 366 g/mol. The minimum atomic E-state index is -0.212. The maximum absolute atomic E-state index is 12.9. The van der Waals surface area contributed by atoms with Gasteiger partial charge in [0, 0.05) is 30.5 Å². The van der Waals surface area contributed by atoms with E-state index in [0.717, 1.165) is 37.1 Å². The van der Waals surface area contributed by atoms with Gasteiger partial charge < -0.3 is 10.2 Å². The van der Waals surface area contributed by atoms with Gasteiger partial charge in [-0.2, -0.15) is 0 Å². The molecule has 2 amide bonds. The highest BCUT2D eigenvalue weighted by atomic mass is 16.2. The molecular formula is C19H22N6O2. The van der Waals surface area contributed by atoms with Crippen molar-refractivity contribution in [2.24, 2.45) is 0 Å². The van der Waals surface area contributed by atoms with Crippen molar-refractivity contribution >= 4 is 11.8 Å². The highest BCUT2D eigenvalue weighted by Crippen LogP contribution is 2.36. The van der Waals surface area contributed by atoms with Crippen LogP contribution in [0.1, 0.15) is 58.0 Å². The second-order valence-electron chi connectivity index (χ2n) is 7.33. The van der Waals surface area contributed by atoms with Crippen LogP contribution in [-0.4, -0.2) is 54.8 Å². The molecule has 2 fully saturated rings. The quantitative estimate of drug-likeness (QED) is 0.882. The van der Waals surface area contributed by atoms with Crippen LogP contribution in [0.25, 0.3) is 0 Å². The number of amides is 2. The van der Waals surface area contributed by atoms with E-state index in [0.29, 0.717) is 11.4 Å². The van der Waals surface area contributed by atoms with Gasteiger partial charge >= 0.3 is 0 Å². The highest BCUT2D eigenvalue weighted by Gasteiger charge is 2.44. The summed E-state index contributed by atoms with van der Waals surface area (Å²) in [6.45, 7) is 3.68. The third-order valence-corrected chi connectivity index (χ3v) is 5.32. The Morgan fingerprint density at radius 1 is 0.889 bits per heavy atom. The summed E-state index contributed by atoms with van der Waals surface area (Å²) >= 11 is 0. The van der Waals surface area contributed by atoms with Crippen molar-refractivity contribution in [2.45, 2.75) is 57.7 Å². The summed E-state index contributed by atoms with van der Waals surface area (Å²) in [5.74, 6) is -0.278. The van der Waals surface area contributed by atoms with Crippen molar-refractivity contribution in [3.8, 4) is 0 Å². The number of piperidine rings is 1. The van der Waals surface area contributed by atoms with Crippen molar-refractivity contribution in [3.63, 3.8) is 0 Å². The van der Waals surface area contributed by atoms with E-state index < -0.39 is 0 Å². The molecule has 0 spiro atoms. The van der Waals surface area contributed by atoms with E-state index in [9.17, 15) is 9.59 Å². The highest BCUT2D eigenvalue weighted by molar-refractivity contribution is 5.93. The van der Waals surface area contributed by atoms with Crippen LogP contribution in [-0.2, 0) is 0 Å². The smallest absolute Gasteiger partial charge is 0.274 e. The van der Waals surface area contributed by atoms with E-state index in [-0.39, 0.29) is 29.9 Å². The molecule has 0 radical (unpaired) electrons. The molecule has 140 valence electrons. The van der Waals surface area contributed by atoms with Crippen LogP contribution in [0, 0.1) is 13.8 Å². The van der Waals surface area contributed by atoms with Crippen LogP contribution >= 0.6 is 0 Å².